The molecule has 0 amide bonds. The highest BCUT2D eigenvalue weighted by Crippen LogP contribution is 2.31. The van der Waals surface area contributed by atoms with Crippen LogP contribution in [0.4, 0.5) is 17.5 Å². The number of anilines is 2. The Morgan fingerprint density at radius 3 is 2.52 bits per heavy atom. The van der Waals surface area contributed by atoms with E-state index in [1.54, 1.807) is 14.0 Å². The maximum atomic E-state index is 11.3. The Hall–Kier alpha value is -1.92. The van der Waals surface area contributed by atoms with E-state index in [0.29, 0.717) is 23.4 Å². The zero-order valence-corrected chi connectivity index (χ0v) is 12.8. The molecule has 0 radical (unpaired) electrons. The summed E-state index contributed by atoms with van der Waals surface area (Å²) in [4.78, 5) is 19.2. The maximum Gasteiger partial charge on any atom is 0.332 e. The Bertz CT molecular complexity index is 514. The van der Waals surface area contributed by atoms with Gasteiger partial charge in [-0.15, -0.1) is 0 Å². The van der Waals surface area contributed by atoms with Crippen molar-refractivity contribution in [3.05, 3.63) is 15.8 Å². The van der Waals surface area contributed by atoms with Gasteiger partial charge >= 0.3 is 5.69 Å². The summed E-state index contributed by atoms with van der Waals surface area (Å²) in [7, 11) is 1.70. The molecule has 1 aliphatic rings. The van der Waals surface area contributed by atoms with Crippen LogP contribution in [0.15, 0.2) is 0 Å². The van der Waals surface area contributed by atoms with E-state index < -0.39 is 4.92 Å². The molecule has 1 aliphatic carbocycles. The van der Waals surface area contributed by atoms with Gasteiger partial charge in [-0.25, -0.2) is 4.98 Å². The largest absolute Gasteiger partial charge is 0.361 e. The number of nitrogens with one attached hydrogen (secondary N) is 2. The van der Waals surface area contributed by atoms with Crippen LogP contribution in [-0.4, -0.2) is 28.0 Å². The van der Waals surface area contributed by atoms with E-state index in [0.717, 1.165) is 0 Å². The van der Waals surface area contributed by atoms with Gasteiger partial charge in [0.25, 0.3) is 0 Å². The van der Waals surface area contributed by atoms with Gasteiger partial charge in [-0.05, 0) is 32.6 Å². The van der Waals surface area contributed by atoms with Crippen molar-refractivity contribution in [1.29, 1.82) is 0 Å². The van der Waals surface area contributed by atoms with Crippen LogP contribution in [0.1, 0.15) is 44.7 Å². The number of hydrogen-bond acceptors (Lipinski definition) is 6. The summed E-state index contributed by atoms with van der Waals surface area (Å²) in [5, 5.41) is 17.4. The Balaban J connectivity index is 2.24. The summed E-state index contributed by atoms with van der Waals surface area (Å²) >= 11 is 0. The number of nitrogens with zero attached hydrogens (tertiary/aromatic N) is 3. The lowest BCUT2D eigenvalue weighted by Gasteiger charge is -2.28. The fourth-order valence-electron chi connectivity index (χ4n) is 2.97. The topological polar surface area (TPSA) is 93.0 Å². The van der Waals surface area contributed by atoms with E-state index in [9.17, 15) is 10.1 Å². The van der Waals surface area contributed by atoms with Crippen molar-refractivity contribution in [3.63, 3.8) is 0 Å². The third kappa shape index (κ3) is 3.59. The Morgan fingerprint density at radius 1 is 1.29 bits per heavy atom. The molecule has 1 fully saturated rings. The van der Waals surface area contributed by atoms with Gasteiger partial charge in [-0.2, -0.15) is 4.98 Å². The van der Waals surface area contributed by atoms with Gasteiger partial charge in [0.15, 0.2) is 0 Å². The van der Waals surface area contributed by atoms with Crippen LogP contribution >= 0.6 is 0 Å². The van der Waals surface area contributed by atoms with Crippen molar-refractivity contribution in [2.75, 3.05) is 17.7 Å². The SMILES string of the molecule is CNc1nc(C)c([N+](=O)[O-])c(NC(C)C2CCCCC2)n1. The molecule has 1 aromatic heterocycles. The zero-order chi connectivity index (χ0) is 15.4. The van der Waals surface area contributed by atoms with Crippen LogP contribution in [0.2, 0.25) is 0 Å². The minimum Gasteiger partial charge on any atom is -0.361 e. The van der Waals surface area contributed by atoms with Gasteiger partial charge in [0.05, 0.1) is 4.92 Å². The molecule has 0 aliphatic heterocycles. The molecule has 116 valence electrons. The van der Waals surface area contributed by atoms with E-state index in [4.69, 9.17) is 0 Å². The molecule has 2 N–H and O–H groups in total. The summed E-state index contributed by atoms with van der Waals surface area (Å²) in [5.74, 6) is 1.26. The van der Waals surface area contributed by atoms with E-state index in [1.807, 2.05) is 0 Å². The van der Waals surface area contributed by atoms with Crippen LogP contribution in [-0.2, 0) is 0 Å². The molecule has 1 aromatic rings. The molecule has 21 heavy (non-hydrogen) atoms. The highest BCUT2D eigenvalue weighted by molar-refractivity contribution is 5.61. The van der Waals surface area contributed by atoms with Crippen molar-refractivity contribution in [3.8, 4) is 0 Å². The predicted molar refractivity (Wildman–Crippen MR) is 82.6 cm³/mol. The number of aryl methyl sites for hydroxylation is 1. The highest BCUT2D eigenvalue weighted by atomic mass is 16.6. The number of hydrogen-bond donors (Lipinski definition) is 2. The third-order valence-electron chi connectivity index (χ3n) is 4.19. The summed E-state index contributed by atoms with van der Waals surface area (Å²) in [6, 6.07) is 0.169. The van der Waals surface area contributed by atoms with Gasteiger partial charge in [0.1, 0.15) is 5.69 Å². The van der Waals surface area contributed by atoms with Crippen molar-refractivity contribution < 1.29 is 4.92 Å². The highest BCUT2D eigenvalue weighted by Gasteiger charge is 2.26. The number of rotatable bonds is 5. The van der Waals surface area contributed by atoms with Crippen molar-refractivity contribution in [2.24, 2.45) is 5.92 Å². The second-order valence-electron chi connectivity index (χ2n) is 5.67. The molecule has 0 aromatic carbocycles. The molecular formula is C14H23N5O2. The van der Waals surface area contributed by atoms with Gasteiger partial charge in [0.2, 0.25) is 11.8 Å². The second-order valence-corrected chi connectivity index (χ2v) is 5.67. The molecule has 1 saturated carbocycles. The summed E-state index contributed by atoms with van der Waals surface area (Å²) in [6.07, 6.45) is 6.11. The van der Waals surface area contributed by atoms with Crippen molar-refractivity contribution >= 4 is 17.5 Å². The zero-order valence-electron chi connectivity index (χ0n) is 12.8. The smallest absolute Gasteiger partial charge is 0.332 e. The first-order chi connectivity index (χ1) is 10.0. The predicted octanol–water partition coefficient (Wildman–Crippen LogP) is 3.12. The Kier molecular flexibility index (Phi) is 4.93. The van der Waals surface area contributed by atoms with Crippen LogP contribution in [0, 0.1) is 23.0 Å². The standard InChI is InChI=1S/C14H23N5O2/c1-9(11-7-5-4-6-8-11)16-13-12(19(20)21)10(2)17-14(15-3)18-13/h9,11H,4-8H2,1-3H3,(H2,15,16,17,18). The van der Waals surface area contributed by atoms with Gasteiger partial charge in [-0.1, -0.05) is 19.3 Å². The molecule has 1 heterocycles. The first-order valence-corrected chi connectivity index (χ1v) is 7.50. The van der Waals surface area contributed by atoms with E-state index in [1.165, 1.54) is 32.1 Å². The summed E-state index contributed by atoms with van der Waals surface area (Å²) in [5.41, 5.74) is 0.342. The first kappa shape index (κ1) is 15.5. The lowest BCUT2D eigenvalue weighted by atomic mass is 9.84. The first-order valence-electron chi connectivity index (χ1n) is 7.50. The van der Waals surface area contributed by atoms with Crippen molar-refractivity contribution in [2.45, 2.75) is 52.0 Å². The molecule has 0 saturated heterocycles. The summed E-state index contributed by atoms with van der Waals surface area (Å²) in [6.45, 7) is 3.72. The lowest BCUT2D eigenvalue weighted by Crippen LogP contribution is -2.28. The molecule has 2 rings (SSSR count). The minimum absolute atomic E-state index is 0.0309. The van der Waals surface area contributed by atoms with Gasteiger partial charge < -0.3 is 10.6 Å². The molecule has 7 heteroatoms. The van der Waals surface area contributed by atoms with Crippen LogP contribution < -0.4 is 10.6 Å². The van der Waals surface area contributed by atoms with Crippen LogP contribution in [0.3, 0.4) is 0 Å². The number of nitro groups is 1. The fourth-order valence-corrected chi connectivity index (χ4v) is 2.97. The molecule has 1 unspecified atom stereocenters. The van der Waals surface area contributed by atoms with Crippen molar-refractivity contribution in [1.82, 2.24) is 9.97 Å². The fraction of sp³-hybridized carbons (Fsp3) is 0.714. The lowest BCUT2D eigenvalue weighted by molar-refractivity contribution is -0.385. The molecular weight excluding hydrogens is 270 g/mol. The van der Waals surface area contributed by atoms with E-state index in [-0.39, 0.29) is 11.7 Å². The average Bonchev–Trinajstić information content (AvgIpc) is 2.47. The van der Waals surface area contributed by atoms with E-state index >= 15 is 0 Å². The monoisotopic (exact) mass is 293 g/mol. The molecule has 0 bridgehead atoms. The normalized spacial score (nSPS) is 17.3. The summed E-state index contributed by atoms with van der Waals surface area (Å²) < 4.78 is 0. The van der Waals surface area contributed by atoms with Crippen LogP contribution in [0.5, 0.6) is 0 Å². The quantitative estimate of drug-likeness (QED) is 0.640. The molecule has 7 nitrogen and oxygen atoms in total. The maximum absolute atomic E-state index is 11.3. The minimum atomic E-state index is -0.412. The number of aromatic nitrogens is 2. The third-order valence-corrected chi connectivity index (χ3v) is 4.19. The van der Waals surface area contributed by atoms with E-state index in [2.05, 4.69) is 27.5 Å². The van der Waals surface area contributed by atoms with Gasteiger partial charge in [-0.3, -0.25) is 10.1 Å². The average molecular weight is 293 g/mol. The Labute approximate surface area is 124 Å². The molecule has 0 spiro atoms. The Morgan fingerprint density at radius 2 is 1.95 bits per heavy atom. The second kappa shape index (κ2) is 6.69. The molecule has 1 atom stereocenters. The van der Waals surface area contributed by atoms with Crippen LogP contribution in [0.25, 0.3) is 0 Å². The van der Waals surface area contributed by atoms with Gasteiger partial charge in [0, 0.05) is 13.1 Å².